The fourth-order valence-electron chi connectivity index (χ4n) is 2.19. The third-order valence-electron chi connectivity index (χ3n) is 3.43. The van der Waals surface area contributed by atoms with E-state index in [1.54, 1.807) is 36.4 Å². The first kappa shape index (κ1) is 18.7. The number of carbonyl (C=O) groups excluding carboxylic acids is 1. The van der Waals surface area contributed by atoms with Gasteiger partial charge >= 0.3 is 0 Å². The maximum Gasteiger partial charge on any atom is 0.257 e. The van der Waals surface area contributed by atoms with E-state index in [4.69, 9.17) is 17.0 Å². The molecule has 0 saturated heterocycles. The van der Waals surface area contributed by atoms with Crippen LogP contribution in [0.4, 0.5) is 5.69 Å². The number of phenols is 1. The van der Waals surface area contributed by atoms with Gasteiger partial charge in [-0.05, 0) is 74.4 Å². The molecule has 2 aromatic carbocycles. The summed E-state index contributed by atoms with van der Waals surface area (Å²) in [6, 6.07) is 12.0. The van der Waals surface area contributed by atoms with E-state index in [0.717, 1.165) is 12.0 Å². The summed E-state index contributed by atoms with van der Waals surface area (Å²) in [6.45, 7) is 5.89. The zero-order chi connectivity index (χ0) is 18.4. The molecule has 0 bridgehead atoms. The lowest BCUT2D eigenvalue weighted by Crippen LogP contribution is -2.34. The number of rotatable bonds is 5. The molecule has 3 N–H and O–H groups in total. The second-order valence-corrected chi connectivity index (χ2v) is 6.21. The topological polar surface area (TPSA) is 70.6 Å². The van der Waals surface area contributed by atoms with Crippen LogP contribution in [0, 0.1) is 0 Å². The molecule has 5 nitrogen and oxygen atoms in total. The van der Waals surface area contributed by atoms with E-state index >= 15 is 0 Å². The van der Waals surface area contributed by atoms with Crippen LogP contribution in [-0.2, 0) is 6.42 Å². The van der Waals surface area contributed by atoms with Gasteiger partial charge in [0.25, 0.3) is 5.91 Å². The van der Waals surface area contributed by atoms with E-state index in [-0.39, 0.29) is 22.9 Å². The first-order valence-corrected chi connectivity index (χ1v) is 8.50. The number of aromatic hydroxyl groups is 1. The van der Waals surface area contributed by atoms with Crippen LogP contribution in [0.2, 0.25) is 0 Å². The Morgan fingerprint density at radius 3 is 2.48 bits per heavy atom. The van der Waals surface area contributed by atoms with Crippen molar-refractivity contribution >= 4 is 28.9 Å². The van der Waals surface area contributed by atoms with E-state index in [2.05, 4.69) is 10.6 Å². The number of carbonyl (C=O) groups is 1. The molecule has 0 saturated carbocycles. The number of hydrogen-bond acceptors (Lipinski definition) is 4. The summed E-state index contributed by atoms with van der Waals surface area (Å²) >= 11 is 5.16. The molecule has 0 spiro atoms. The zero-order valence-corrected chi connectivity index (χ0v) is 15.3. The molecule has 0 aliphatic heterocycles. The second kappa shape index (κ2) is 8.48. The van der Waals surface area contributed by atoms with Crippen molar-refractivity contribution in [3.8, 4) is 11.5 Å². The van der Waals surface area contributed by atoms with Gasteiger partial charge in [0.15, 0.2) is 5.11 Å². The van der Waals surface area contributed by atoms with Crippen molar-refractivity contribution in [1.82, 2.24) is 5.32 Å². The van der Waals surface area contributed by atoms with E-state index in [1.165, 1.54) is 0 Å². The molecule has 25 heavy (non-hydrogen) atoms. The van der Waals surface area contributed by atoms with Crippen LogP contribution < -0.4 is 15.4 Å². The van der Waals surface area contributed by atoms with Crippen molar-refractivity contribution in [2.45, 2.75) is 33.3 Å². The number of amides is 1. The maximum absolute atomic E-state index is 12.2. The summed E-state index contributed by atoms with van der Waals surface area (Å²) in [5.74, 6) is 0.442. The molecule has 1 amide bonds. The van der Waals surface area contributed by atoms with Crippen LogP contribution in [0.1, 0.15) is 36.7 Å². The van der Waals surface area contributed by atoms with Crippen molar-refractivity contribution in [2.24, 2.45) is 0 Å². The Kier molecular flexibility index (Phi) is 6.36. The van der Waals surface area contributed by atoms with Crippen LogP contribution in [0.25, 0.3) is 0 Å². The molecular formula is C19H22N2O3S. The SMILES string of the molecule is CCc1ccc(O)c(NC(=S)NC(=O)c2ccc(OC(C)C)cc2)c1. The third kappa shape index (κ3) is 5.46. The Bertz CT molecular complexity index is 758. The fraction of sp³-hybridized carbons (Fsp3) is 0.263. The van der Waals surface area contributed by atoms with Crippen molar-refractivity contribution in [1.29, 1.82) is 0 Å². The molecule has 0 unspecified atom stereocenters. The molecule has 0 aromatic heterocycles. The second-order valence-electron chi connectivity index (χ2n) is 5.80. The minimum Gasteiger partial charge on any atom is -0.506 e. The Balaban J connectivity index is 1.99. The molecule has 0 fully saturated rings. The van der Waals surface area contributed by atoms with Crippen LogP contribution in [-0.4, -0.2) is 22.2 Å². The number of nitrogens with one attached hydrogen (secondary N) is 2. The minimum absolute atomic E-state index is 0.0722. The van der Waals surface area contributed by atoms with Gasteiger partial charge in [-0.2, -0.15) is 0 Å². The molecule has 0 heterocycles. The summed E-state index contributed by atoms with van der Waals surface area (Å²) in [6.07, 6.45) is 0.904. The quantitative estimate of drug-likeness (QED) is 0.559. The van der Waals surface area contributed by atoms with Gasteiger partial charge in [-0.1, -0.05) is 13.0 Å². The lowest BCUT2D eigenvalue weighted by atomic mass is 10.1. The minimum atomic E-state index is -0.334. The fourth-order valence-corrected chi connectivity index (χ4v) is 2.39. The van der Waals surface area contributed by atoms with Crippen molar-refractivity contribution in [3.05, 3.63) is 53.6 Å². The lowest BCUT2D eigenvalue weighted by Gasteiger charge is -2.13. The van der Waals surface area contributed by atoms with E-state index in [1.807, 2.05) is 26.8 Å². The van der Waals surface area contributed by atoms with Gasteiger partial charge in [-0.15, -0.1) is 0 Å². The van der Waals surface area contributed by atoms with E-state index in [9.17, 15) is 9.90 Å². The standard InChI is InChI=1S/C19H22N2O3S/c1-4-13-5-10-17(22)16(11-13)20-19(25)21-18(23)14-6-8-15(9-7-14)24-12(2)3/h5-12,22H,4H2,1-3H3,(H2,20,21,23,25). The highest BCUT2D eigenvalue weighted by Gasteiger charge is 2.10. The summed E-state index contributed by atoms with van der Waals surface area (Å²) in [4.78, 5) is 12.2. The maximum atomic E-state index is 12.2. The lowest BCUT2D eigenvalue weighted by molar-refractivity contribution is 0.0977. The van der Waals surface area contributed by atoms with Crippen molar-refractivity contribution in [2.75, 3.05) is 5.32 Å². The Hall–Kier alpha value is -2.60. The molecule has 0 aliphatic rings. The third-order valence-corrected chi connectivity index (χ3v) is 3.64. The first-order chi connectivity index (χ1) is 11.9. The molecule has 2 aromatic rings. The average molecular weight is 358 g/mol. The highest BCUT2D eigenvalue weighted by Crippen LogP contribution is 2.24. The highest BCUT2D eigenvalue weighted by molar-refractivity contribution is 7.80. The normalized spacial score (nSPS) is 10.4. The molecule has 0 radical (unpaired) electrons. The molecule has 0 aliphatic carbocycles. The van der Waals surface area contributed by atoms with Crippen LogP contribution in [0.5, 0.6) is 11.5 Å². The van der Waals surface area contributed by atoms with Gasteiger partial charge in [-0.25, -0.2) is 0 Å². The molecule has 132 valence electrons. The summed E-state index contributed by atoms with van der Waals surface area (Å²) in [5, 5.41) is 15.5. The van der Waals surface area contributed by atoms with E-state index < -0.39 is 0 Å². The molecule has 2 rings (SSSR count). The Morgan fingerprint density at radius 2 is 1.88 bits per heavy atom. The highest BCUT2D eigenvalue weighted by atomic mass is 32.1. The largest absolute Gasteiger partial charge is 0.506 e. The van der Waals surface area contributed by atoms with Gasteiger partial charge in [0.2, 0.25) is 0 Å². The summed E-state index contributed by atoms with van der Waals surface area (Å²) < 4.78 is 5.55. The Morgan fingerprint density at radius 1 is 1.20 bits per heavy atom. The number of thiocarbonyl (C=S) groups is 1. The van der Waals surface area contributed by atoms with Gasteiger partial charge in [0.1, 0.15) is 11.5 Å². The van der Waals surface area contributed by atoms with Crippen LogP contribution in [0.3, 0.4) is 0 Å². The van der Waals surface area contributed by atoms with Crippen LogP contribution >= 0.6 is 12.2 Å². The smallest absolute Gasteiger partial charge is 0.257 e. The van der Waals surface area contributed by atoms with Crippen LogP contribution in [0.15, 0.2) is 42.5 Å². The van der Waals surface area contributed by atoms with Gasteiger partial charge in [0.05, 0.1) is 11.8 Å². The number of hydrogen-bond donors (Lipinski definition) is 3. The molecule has 0 atom stereocenters. The Labute approximate surface area is 153 Å². The monoisotopic (exact) mass is 358 g/mol. The van der Waals surface area contributed by atoms with Crippen molar-refractivity contribution in [3.63, 3.8) is 0 Å². The number of aryl methyl sites for hydroxylation is 1. The van der Waals surface area contributed by atoms with Gasteiger partial charge in [0, 0.05) is 5.56 Å². The number of phenolic OH excluding ortho intramolecular Hbond substituents is 1. The van der Waals surface area contributed by atoms with Crippen molar-refractivity contribution < 1.29 is 14.6 Å². The van der Waals surface area contributed by atoms with Gasteiger partial charge in [-0.3, -0.25) is 10.1 Å². The zero-order valence-electron chi connectivity index (χ0n) is 14.5. The number of anilines is 1. The first-order valence-electron chi connectivity index (χ1n) is 8.10. The average Bonchev–Trinajstić information content (AvgIpc) is 2.56. The number of benzene rings is 2. The van der Waals surface area contributed by atoms with Gasteiger partial charge < -0.3 is 15.2 Å². The summed E-state index contributed by atoms with van der Waals surface area (Å²) in [5.41, 5.74) is 1.98. The molecular weight excluding hydrogens is 336 g/mol. The summed E-state index contributed by atoms with van der Waals surface area (Å²) in [7, 11) is 0. The van der Waals surface area contributed by atoms with E-state index in [0.29, 0.717) is 17.0 Å². The predicted octanol–water partition coefficient (Wildman–Crippen LogP) is 3.87. The molecule has 6 heteroatoms. The predicted molar refractivity (Wildman–Crippen MR) is 103 cm³/mol. The number of ether oxygens (including phenoxy) is 1.